The van der Waals surface area contributed by atoms with Crippen LogP contribution in [0.15, 0.2) is 27.6 Å². The summed E-state index contributed by atoms with van der Waals surface area (Å²) < 4.78 is 27.2. The first kappa shape index (κ1) is 17.9. The number of nitrogens with two attached hydrogens (primary N) is 1. The molecule has 0 aromatic heterocycles. The minimum absolute atomic E-state index is 0. The van der Waals surface area contributed by atoms with Gasteiger partial charge in [-0.3, -0.25) is 0 Å². The SMILES string of the molecule is Cc1cc(Br)cc(S(=O)(=O)NCC(C)(C)N)c1.Cl. The molecule has 7 heteroatoms. The van der Waals surface area contributed by atoms with Gasteiger partial charge in [0.25, 0.3) is 0 Å². The van der Waals surface area contributed by atoms with Crippen molar-refractivity contribution >= 4 is 38.4 Å². The first-order valence-electron chi connectivity index (χ1n) is 5.16. The van der Waals surface area contributed by atoms with Crippen LogP contribution in [-0.2, 0) is 10.0 Å². The molecule has 0 atom stereocenters. The second-order valence-electron chi connectivity index (χ2n) is 4.78. The van der Waals surface area contributed by atoms with E-state index in [0.29, 0.717) is 0 Å². The minimum Gasteiger partial charge on any atom is -0.324 e. The highest BCUT2D eigenvalue weighted by Gasteiger charge is 2.19. The van der Waals surface area contributed by atoms with E-state index in [4.69, 9.17) is 5.73 Å². The van der Waals surface area contributed by atoms with Crippen molar-refractivity contribution in [3.63, 3.8) is 0 Å². The molecule has 0 fully saturated rings. The molecular formula is C11H18BrClN2O2S. The second kappa shape index (κ2) is 6.34. The molecule has 1 aromatic rings. The summed E-state index contributed by atoms with van der Waals surface area (Å²) in [4.78, 5) is 0.244. The number of hydrogen-bond acceptors (Lipinski definition) is 3. The van der Waals surface area contributed by atoms with E-state index in [2.05, 4.69) is 20.7 Å². The summed E-state index contributed by atoms with van der Waals surface area (Å²) in [6.45, 7) is 5.57. The number of nitrogens with one attached hydrogen (secondary N) is 1. The lowest BCUT2D eigenvalue weighted by atomic mass is 10.1. The first-order chi connectivity index (χ1) is 7.60. The third kappa shape index (κ3) is 5.67. The van der Waals surface area contributed by atoms with Crippen LogP contribution in [0.25, 0.3) is 0 Å². The number of rotatable bonds is 4. The topological polar surface area (TPSA) is 72.2 Å². The Morgan fingerprint density at radius 2 is 1.89 bits per heavy atom. The predicted molar refractivity (Wildman–Crippen MR) is 79.6 cm³/mol. The highest BCUT2D eigenvalue weighted by molar-refractivity contribution is 9.10. The van der Waals surface area contributed by atoms with Gasteiger partial charge < -0.3 is 5.73 Å². The molecule has 18 heavy (non-hydrogen) atoms. The fraction of sp³-hybridized carbons (Fsp3) is 0.455. The van der Waals surface area contributed by atoms with E-state index in [-0.39, 0.29) is 23.8 Å². The van der Waals surface area contributed by atoms with Crippen LogP contribution in [0.2, 0.25) is 0 Å². The third-order valence-electron chi connectivity index (χ3n) is 2.04. The normalized spacial score (nSPS) is 12.1. The molecule has 0 amide bonds. The van der Waals surface area contributed by atoms with Gasteiger partial charge in [0.15, 0.2) is 0 Å². The van der Waals surface area contributed by atoms with Crippen molar-refractivity contribution in [2.75, 3.05) is 6.54 Å². The van der Waals surface area contributed by atoms with Crippen molar-refractivity contribution in [1.82, 2.24) is 4.72 Å². The van der Waals surface area contributed by atoms with Crippen LogP contribution in [0, 0.1) is 6.92 Å². The Morgan fingerprint density at radius 3 is 2.33 bits per heavy atom. The molecule has 3 N–H and O–H groups in total. The van der Waals surface area contributed by atoms with Crippen molar-refractivity contribution in [1.29, 1.82) is 0 Å². The number of hydrogen-bond donors (Lipinski definition) is 2. The Morgan fingerprint density at radius 1 is 1.33 bits per heavy atom. The average Bonchev–Trinajstić information content (AvgIpc) is 2.12. The van der Waals surface area contributed by atoms with E-state index in [0.717, 1.165) is 10.0 Å². The Hall–Kier alpha value is -0.140. The summed E-state index contributed by atoms with van der Waals surface area (Å²) in [5, 5.41) is 0. The second-order valence-corrected chi connectivity index (χ2v) is 7.46. The van der Waals surface area contributed by atoms with Crippen molar-refractivity contribution in [3.8, 4) is 0 Å². The van der Waals surface area contributed by atoms with Crippen LogP contribution in [0.1, 0.15) is 19.4 Å². The summed E-state index contributed by atoms with van der Waals surface area (Å²) in [6, 6.07) is 5.04. The van der Waals surface area contributed by atoms with Crippen molar-refractivity contribution in [2.45, 2.75) is 31.2 Å². The average molecular weight is 358 g/mol. The summed E-state index contributed by atoms with van der Waals surface area (Å²) in [7, 11) is -3.50. The standard InChI is InChI=1S/C11H17BrN2O2S.ClH/c1-8-4-9(12)6-10(5-8)17(15,16)14-7-11(2,3)13;/h4-6,14H,7,13H2,1-3H3;1H. The zero-order valence-corrected chi connectivity index (χ0v) is 13.7. The summed E-state index contributed by atoms with van der Waals surface area (Å²) in [5.74, 6) is 0. The Kier molecular flexibility index (Phi) is 6.29. The van der Waals surface area contributed by atoms with Crippen LogP contribution < -0.4 is 10.5 Å². The zero-order valence-electron chi connectivity index (χ0n) is 10.5. The van der Waals surface area contributed by atoms with E-state index in [1.807, 2.05) is 13.0 Å². The van der Waals surface area contributed by atoms with Crippen LogP contribution in [0.4, 0.5) is 0 Å². The molecule has 0 saturated heterocycles. The van der Waals surface area contributed by atoms with Crippen LogP contribution in [0.5, 0.6) is 0 Å². The van der Waals surface area contributed by atoms with Crippen molar-refractivity contribution in [3.05, 3.63) is 28.2 Å². The Labute approximate surface area is 123 Å². The molecule has 0 heterocycles. The van der Waals surface area contributed by atoms with Gasteiger partial charge >= 0.3 is 0 Å². The van der Waals surface area contributed by atoms with Gasteiger partial charge in [-0.1, -0.05) is 15.9 Å². The number of sulfonamides is 1. The van der Waals surface area contributed by atoms with E-state index in [1.165, 1.54) is 0 Å². The molecule has 0 aliphatic heterocycles. The van der Waals surface area contributed by atoms with E-state index < -0.39 is 15.6 Å². The van der Waals surface area contributed by atoms with Gasteiger partial charge in [-0.2, -0.15) is 0 Å². The molecule has 1 rings (SSSR count). The lowest BCUT2D eigenvalue weighted by Gasteiger charge is -2.19. The highest BCUT2D eigenvalue weighted by Crippen LogP contribution is 2.19. The molecule has 0 spiro atoms. The first-order valence-corrected chi connectivity index (χ1v) is 7.43. The molecule has 0 bridgehead atoms. The Balaban J connectivity index is 0.00000289. The smallest absolute Gasteiger partial charge is 0.240 e. The summed E-state index contributed by atoms with van der Waals surface area (Å²) in [5.41, 5.74) is 6.05. The lowest BCUT2D eigenvalue weighted by Crippen LogP contribution is -2.45. The lowest BCUT2D eigenvalue weighted by molar-refractivity contribution is 0.498. The van der Waals surface area contributed by atoms with Gasteiger partial charge in [-0.05, 0) is 44.5 Å². The van der Waals surface area contributed by atoms with Gasteiger partial charge in [-0.25, -0.2) is 13.1 Å². The van der Waals surface area contributed by atoms with Gasteiger partial charge in [0.05, 0.1) is 4.90 Å². The maximum atomic E-state index is 12.0. The fourth-order valence-electron chi connectivity index (χ4n) is 1.22. The number of halogens is 2. The van der Waals surface area contributed by atoms with Crippen LogP contribution in [0.3, 0.4) is 0 Å². The molecular weight excluding hydrogens is 340 g/mol. The monoisotopic (exact) mass is 356 g/mol. The van der Waals surface area contributed by atoms with Gasteiger partial charge in [0.2, 0.25) is 10.0 Å². The van der Waals surface area contributed by atoms with Crippen molar-refractivity contribution in [2.24, 2.45) is 5.73 Å². The molecule has 4 nitrogen and oxygen atoms in total. The van der Waals surface area contributed by atoms with Crippen LogP contribution in [-0.4, -0.2) is 20.5 Å². The van der Waals surface area contributed by atoms with E-state index >= 15 is 0 Å². The molecule has 0 saturated carbocycles. The fourth-order valence-corrected chi connectivity index (χ4v) is 3.33. The maximum absolute atomic E-state index is 12.0. The maximum Gasteiger partial charge on any atom is 0.240 e. The zero-order chi connectivity index (χ0) is 13.3. The van der Waals surface area contributed by atoms with Gasteiger partial charge in [0, 0.05) is 16.6 Å². The van der Waals surface area contributed by atoms with Crippen LogP contribution >= 0.6 is 28.3 Å². The van der Waals surface area contributed by atoms with Crippen molar-refractivity contribution < 1.29 is 8.42 Å². The van der Waals surface area contributed by atoms with E-state index in [1.54, 1.807) is 26.0 Å². The summed E-state index contributed by atoms with van der Waals surface area (Å²) in [6.07, 6.45) is 0. The molecule has 104 valence electrons. The molecule has 0 unspecified atom stereocenters. The third-order valence-corrected chi connectivity index (χ3v) is 3.88. The molecule has 1 aromatic carbocycles. The molecule has 0 aliphatic carbocycles. The molecule has 0 aliphatic rings. The number of benzene rings is 1. The largest absolute Gasteiger partial charge is 0.324 e. The number of aryl methyl sites for hydroxylation is 1. The van der Waals surface area contributed by atoms with E-state index in [9.17, 15) is 8.42 Å². The minimum atomic E-state index is -3.50. The Bertz CT molecular complexity index is 492. The van der Waals surface area contributed by atoms with Gasteiger partial charge in [0.1, 0.15) is 0 Å². The quantitative estimate of drug-likeness (QED) is 0.867. The highest BCUT2D eigenvalue weighted by atomic mass is 79.9. The molecule has 0 radical (unpaired) electrons. The summed E-state index contributed by atoms with van der Waals surface area (Å²) >= 11 is 3.28. The predicted octanol–water partition coefficient (Wildman–Crippen LogP) is 2.19. The van der Waals surface area contributed by atoms with Gasteiger partial charge in [-0.15, -0.1) is 12.4 Å².